The van der Waals surface area contributed by atoms with Crippen LogP contribution in [0.15, 0.2) is 24.3 Å². The molecule has 0 radical (unpaired) electrons. The van der Waals surface area contributed by atoms with Gasteiger partial charge in [0.15, 0.2) is 11.7 Å². The maximum absolute atomic E-state index is 12.0. The molecule has 7 heteroatoms. The molecule has 0 saturated carbocycles. The second kappa shape index (κ2) is 6.81. The molecule has 1 fully saturated rings. The van der Waals surface area contributed by atoms with Crippen LogP contribution in [0.25, 0.3) is 11.0 Å². The zero-order valence-electron chi connectivity index (χ0n) is 13.8. The maximum Gasteiger partial charge on any atom is 0.329 e. The lowest BCUT2D eigenvalue weighted by molar-refractivity contribution is -0.141. The molecular weight excluding hydrogens is 306 g/mol. The summed E-state index contributed by atoms with van der Waals surface area (Å²) in [4.78, 5) is 25.6. The van der Waals surface area contributed by atoms with Crippen LogP contribution in [0.1, 0.15) is 11.6 Å². The summed E-state index contributed by atoms with van der Waals surface area (Å²) in [6.07, 6.45) is 0. The van der Waals surface area contributed by atoms with Crippen molar-refractivity contribution in [3.05, 3.63) is 30.0 Å². The number of ether oxygens (including phenoxy) is 1. The molecule has 0 amide bonds. The van der Waals surface area contributed by atoms with Crippen molar-refractivity contribution in [1.29, 1.82) is 5.26 Å². The lowest BCUT2D eigenvalue weighted by atomic mass is 10.1. The normalized spacial score (nSPS) is 16.6. The fourth-order valence-corrected chi connectivity index (χ4v) is 2.79. The number of esters is 1. The second-order valence-electron chi connectivity index (χ2n) is 5.80. The van der Waals surface area contributed by atoms with Crippen molar-refractivity contribution in [1.82, 2.24) is 14.9 Å². The summed E-state index contributed by atoms with van der Waals surface area (Å²) < 4.78 is 4.77. The first-order valence-electron chi connectivity index (χ1n) is 7.81. The third-order valence-corrected chi connectivity index (χ3v) is 4.22. The van der Waals surface area contributed by atoms with Crippen molar-refractivity contribution >= 4 is 22.8 Å². The van der Waals surface area contributed by atoms with E-state index >= 15 is 0 Å². The van der Waals surface area contributed by atoms with Gasteiger partial charge in [0, 0.05) is 26.2 Å². The van der Waals surface area contributed by atoms with Crippen LogP contribution in [0.4, 0.5) is 5.82 Å². The summed E-state index contributed by atoms with van der Waals surface area (Å²) >= 11 is 0. The quantitative estimate of drug-likeness (QED) is 0.783. The first kappa shape index (κ1) is 16.1. The summed E-state index contributed by atoms with van der Waals surface area (Å²) in [6, 6.07) is 9.47. The Morgan fingerprint density at radius 2 is 1.83 bits per heavy atom. The number of piperazine rings is 1. The van der Waals surface area contributed by atoms with Gasteiger partial charge in [0.2, 0.25) is 0 Å². The Morgan fingerprint density at radius 1 is 1.21 bits per heavy atom. The third kappa shape index (κ3) is 3.01. The average molecular weight is 325 g/mol. The molecule has 3 rings (SSSR count). The number of likely N-dealkylation sites (N-methyl/N-ethyl adjacent to an activating group) is 1. The predicted molar refractivity (Wildman–Crippen MR) is 89.6 cm³/mol. The molecule has 1 saturated heterocycles. The standard InChI is InChI=1S/C17H19N5O2/c1-21-7-9-22(10-8-21)16-15(12(11-18)17(23)24-2)19-13-5-3-4-6-14(13)20-16/h3-6,12H,7-10H2,1-2H3/t12-/m0/s1. The topological polar surface area (TPSA) is 82.3 Å². The maximum atomic E-state index is 12.0. The first-order chi connectivity index (χ1) is 11.6. The molecule has 0 bridgehead atoms. The number of fused-ring (bicyclic) bond motifs is 1. The van der Waals surface area contributed by atoms with Crippen molar-refractivity contribution in [2.75, 3.05) is 45.2 Å². The van der Waals surface area contributed by atoms with Gasteiger partial charge in [0.25, 0.3) is 0 Å². The Hall–Kier alpha value is -2.72. The number of nitriles is 1. The zero-order chi connectivity index (χ0) is 17.1. The van der Waals surface area contributed by atoms with Crippen LogP contribution in [0.5, 0.6) is 0 Å². The van der Waals surface area contributed by atoms with Gasteiger partial charge in [-0.1, -0.05) is 12.1 Å². The second-order valence-corrected chi connectivity index (χ2v) is 5.80. The number of para-hydroxylation sites is 2. The highest BCUT2D eigenvalue weighted by Crippen LogP contribution is 2.28. The van der Waals surface area contributed by atoms with E-state index in [4.69, 9.17) is 9.72 Å². The molecule has 1 atom stereocenters. The van der Waals surface area contributed by atoms with E-state index in [1.807, 2.05) is 30.3 Å². The van der Waals surface area contributed by atoms with Crippen molar-refractivity contribution in [2.24, 2.45) is 0 Å². The smallest absolute Gasteiger partial charge is 0.329 e. The van der Waals surface area contributed by atoms with Crippen molar-refractivity contribution in [3.8, 4) is 6.07 Å². The number of carbonyl (C=O) groups is 1. The number of rotatable bonds is 3. The minimum atomic E-state index is -1.08. The number of anilines is 1. The van der Waals surface area contributed by atoms with Gasteiger partial charge < -0.3 is 14.5 Å². The summed E-state index contributed by atoms with van der Waals surface area (Å²) in [6.45, 7) is 3.33. The lowest BCUT2D eigenvalue weighted by Gasteiger charge is -2.34. The molecule has 2 aromatic rings. The molecular formula is C17H19N5O2. The van der Waals surface area contributed by atoms with Crippen LogP contribution < -0.4 is 4.90 Å². The number of benzene rings is 1. The molecule has 2 heterocycles. The van der Waals surface area contributed by atoms with Gasteiger partial charge in [0.1, 0.15) is 5.69 Å². The molecule has 0 aliphatic carbocycles. The number of carbonyl (C=O) groups excluding carboxylic acids is 1. The Labute approximate surface area is 140 Å². The summed E-state index contributed by atoms with van der Waals surface area (Å²) in [5.41, 5.74) is 1.78. The molecule has 1 aromatic heterocycles. The number of aromatic nitrogens is 2. The molecule has 1 aliphatic rings. The monoisotopic (exact) mass is 325 g/mol. The average Bonchev–Trinajstić information content (AvgIpc) is 2.62. The van der Waals surface area contributed by atoms with Gasteiger partial charge in [0.05, 0.1) is 24.2 Å². The summed E-state index contributed by atoms with van der Waals surface area (Å²) in [5, 5.41) is 9.47. The third-order valence-electron chi connectivity index (χ3n) is 4.22. The van der Waals surface area contributed by atoms with E-state index in [0.717, 1.165) is 31.7 Å². The number of hydrogen-bond donors (Lipinski definition) is 0. The van der Waals surface area contributed by atoms with Gasteiger partial charge >= 0.3 is 5.97 Å². The van der Waals surface area contributed by atoms with E-state index in [9.17, 15) is 10.1 Å². The predicted octanol–water partition coefficient (Wildman–Crippen LogP) is 1.16. The molecule has 0 N–H and O–H groups in total. The Morgan fingerprint density at radius 3 is 2.42 bits per heavy atom. The Bertz CT molecular complexity index is 793. The molecule has 7 nitrogen and oxygen atoms in total. The van der Waals surface area contributed by atoms with Crippen LogP contribution in [0.3, 0.4) is 0 Å². The van der Waals surface area contributed by atoms with Crippen LogP contribution in [-0.2, 0) is 9.53 Å². The number of hydrogen-bond acceptors (Lipinski definition) is 7. The van der Waals surface area contributed by atoms with Gasteiger partial charge in [-0.05, 0) is 19.2 Å². The van der Waals surface area contributed by atoms with Gasteiger partial charge in [-0.2, -0.15) is 5.26 Å². The van der Waals surface area contributed by atoms with Crippen LogP contribution in [-0.4, -0.2) is 61.2 Å². The molecule has 0 spiro atoms. The van der Waals surface area contributed by atoms with E-state index in [2.05, 4.69) is 21.8 Å². The fourth-order valence-electron chi connectivity index (χ4n) is 2.79. The minimum Gasteiger partial charge on any atom is -0.468 e. The van der Waals surface area contributed by atoms with Crippen LogP contribution >= 0.6 is 0 Å². The van der Waals surface area contributed by atoms with Crippen LogP contribution in [0.2, 0.25) is 0 Å². The van der Waals surface area contributed by atoms with Crippen molar-refractivity contribution < 1.29 is 9.53 Å². The first-order valence-corrected chi connectivity index (χ1v) is 7.81. The van der Waals surface area contributed by atoms with E-state index in [-0.39, 0.29) is 0 Å². The Kier molecular flexibility index (Phi) is 4.58. The largest absolute Gasteiger partial charge is 0.468 e. The summed E-state index contributed by atoms with van der Waals surface area (Å²) in [7, 11) is 3.34. The number of methoxy groups -OCH3 is 1. The molecule has 124 valence electrons. The van der Waals surface area contributed by atoms with Gasteiger partial charge in [-0.25, -0.2) is 9.97 Å². The highest BCUT2D eigenvalue weighted by atomic mass is 16.5. The van der Waals surface area contributed by atoms with E-state index in [1.165, 1.54) is 7.11 Å². The molecule has 1 aromatic carbocycles. The lowest BCUT2D eigenvalue weighted by Crippen LogP contribution is -2.45. The van der Waals surface area contributed by atoms with Gasteiger partial charge in [-0.15, -0.1) is 0 Å². The highest BCUT2D eigenvalue weighted by Gasteiger charge is 2.30. The molecule has 1 aliphatic heterocycles. The Balaban J connectivity index is 2.12. The highest BCUT2D eigenvalue weighted by molar-refractivity contribution is 5.85. The SMILES string of the molecule is COC(=O)[C@@H](C#N)c1nc2ccccc2nc1N1CCN(C)CC1. The van der Waals surface area contributed by atoms with Crippen LogP contribution in [0, 0.1) is 11.3 Å². The van der Waals surface area contributed by atoms with E-state index in [0.29, 0.717) is 17.0 Å². The molecule has 0 unspecified atom stereocenters. The fraction of sp³-hybridized carbons (Fsp3) is 0.412. The minimum absolute atomic E-state index is 0.368. The number of nitrogens with zero attached hydrogens (tertiary/aromatic N) is 5. The summed E-state index contributed by atoms with van der Waals surface area (Å²) in [5.74, 6) is -1.10. The van der Waals surface area contributed by atoms with E-state index < -0.39 is 11.9 Å². The van der Waals surface area contributed by atoms with Gasteiger partial charge in [-0.3, -0.25) is 4.79 Å². The van der Waals surface area contributed by atoms with Crippen molar-refractivity contribution in [3.63, 3.8) is 0 Å². The van der Waals surface area contributed by atoms with E-state index in [1.54, 1.807) is 0 Å². The molecule has 24 heavy (non-hydrogen) atoms. The van der Waals surface area contributed by atoms with Crippen molar-refractivity contribution in [2.45, 2.75) is 5.92 Å². The zero-order valence-corrected chi connectivity index (χ0v) is 13.8.